The number of nitrogens with one attached hydrogen (secondary N) is 2. The summed E-state index contributed by atoms with van der Waals surface area (Å²) in [5.41, 5.74) is 3.10. The molecule has 3 heterocycles. The number of aliphatic hydroxyl groups is 1. The summed E-state index contributed by atoms with van der Waals surface area (Å²) in [5.74, 6) is -0.137. The first-order chi connectivity index (χ1) is 18.0. The molecule has 0 bridgehead atoms. The fourth-order valence-corrected chi connectivity index (χ4v) is 4.98. The average Bonchev–Trinajstić information content (AvgIpc) is 3.25. The van der Waals surface area contributed by atoms with E-state index in [0.29, 0.717) is 23.4 Å². The van der Waals surface area contributed by atoms with Gasteiger partial charge in [0.25, 0.3) is 0 Å². The Balaban J connectivity index is 1.23. The number of carbonyl (C=O) groups excluding carboxylic acids is 2. The number of nitrogens with zero attached hydrogens (tertiary/aromatic N) is 1. The molecule has 3 N–H and O–H groups in total. The minimum atomic E-state index is -0.586. The Morgan fingerprint density at radius 3 is 2.68 bits per heavy atom. The number of hydrogen-bond donors (Lipinski definition) is 3. The predicted octanol–water partition coefficient (Wildman–Crippen LogP) is 3.10. The third kappa shape index (κ3) is 5.95. The fraction of sp³-hybridized carbons (Fsp3) is 0.321. The van der Waals surface area contributed by atoms with E-state index in [2.05, 4.69) is 15.6 Å². The van der Waals surface area contributed by atoms with E-state index in [0.717, 1.165) is 11.1 Å². The molecule has 192 valence electrons. The normalized spacial score (nSPS) is 21.9. The van der Waals surface area contributed by atoms with Crippen LogP contribution >= 0.6 is 0 Å². The highest BCUT2D eigenvalue weighted by Crippen LogP contribution is 2.47. The van der Waals surface area contributed by atoms with E-state index in [1.54, 1.807) is 42.7 Å². The van der Waals surface area contributed by atoms with E-state index in [-0.39, 0.29) is 55.6 Å². The number of benzene rings is 2. The van der Waals surface area contributed by atoms with Crippen molar-refractivity contribution < 1.29 is 28.6 Å². The quantitative estimate of drug-likeness (QED) is 0.434. The van der Waals surface area contributed by atoms with E-state index in [1.165, 1.54) is 12.1 Å². The lowest BCUT2D eigenvalue weighted by Crippen LogP contribution is -2.47. The molecule has 2 aliphatic rings. The third-order valence-electron chi connectivity index (χ3n) is 6.69. The first-order valence-electron chi connectivity index (χ1n) is 12.3. The van der Waals surface area contributed by atoms with Gasteiger partial charge in [0.05, 0.1) is 25.6 Å². The molecule has 0 saturated carbocycles. The molecule has 1 saturated heterocycles. The summed E-state index contributed by atoms with van der Waals surface area (Å²) in [6.45, 7) is -0.0284. The van der Waals surface area contributed by atoms with E-state index >= 15 is 0 Å². The van der Waals surface area contributed by atoms with E-state index in [4.69, 9.17) is 9.47 Å². The number of aliphatic hydroxyl groups excluding tert-OH is 1. The SMILES string of the molecule is O=C(C[C@H]1C[C@H]2c3cc(NC(=O)Cc4ccncc4)ccc3O[C@H]2[C@H](CO)O1)NCc1cccc(F)c1. The summed E-state index contributed by atoms with van der Waals surface area (Å²) in [5, 5.41) is 15.7. The molecule has 37 heavy (non-hydrogen) atoms. The number of anilines is 1. The molecule has 2 aliphatic heterocycles. The Labute approximate surface area is 213 Å². The maximum absolute atomic E-state index is 13.4. The number of aromatic nitrogens is 1. The van der Waals surface area contributed by atoms with Gasteiger partial charge in [-0.05, 0) is 60.0 Å². The number of halogens is 1. The maximum Gasteiger partial charge on any atom is 0.228 e. The van der Waals surface area contributed by atoms with Gasteiger partial charge in [-0.1, -0.05) is 12.1 Å². The summed E-state index contributed by atoms with van der Waals surface area (Å²) < 4.78 is 25.5. The van der Waals surface area contributed by atoms with Crippen LogP contribution in [0.15, 0.2) is 67.0 Å². The smallest absolute Gasteiger partial charge is 0.228 e. The van der Waals surface area contributed by atoms with E-state index in [9.17, 15) is 19.1 Å². The van der Waals surface area contributed by atoms with Crippen LogP contribution in [-0.4, -0.2) is 46.8 Å². The van der Waals surface area contributed by atoms with Gasteiger partial charge in [0.1, 0.15) is 23.8 Å². The summed E-state index contributed by atoms with van der Waals surface area (Å²) in [6, 6.07) is 15.2. The van der Waals surface area contributed by atoms with Gasteiger partial charge in [0, 0.05) is 36.1 Å². The number of pyridine rings is 1. The molecule has 3 aromatic rings. The molecule has 0 unspecified atom stereocenters. The molecule has 2 aromatic carbocycles. The topological polar surface area (TPSA) is 110 Å². The van der Waals surface area contributed by atoms with Crippen LogP contribution < -0.4 is 15.4 Å². The molecule has 1 aromatic heterocycles. The van der Waals surface area contributed by atoms with Gasteiger partial charge in [-0.25, -0.2) is 4.39 Å². The predicted molar refractivity (Wildman–Crippen MR) is 133 cm³/mol. The van der Waals surface area contributed by atoms with Crippen molar-refractivity contribution in [1.82, 2.24) is 10.3 Å². The average molecular weight is 506 g/mol. The Bertz CT molecular complexity index is 1270. The van der Waals surface area contributed by atoms with Crippen molar-refractivity contribution >= 4 is 17.5 Å². The fourth-order valence-electron chi connectivity index (χ4n) is 4.98. The van der Waals surface area contributed by atoms with Crippen molar-refractivity contribution in [3.63, 3.8) is 0 Å². The molecule has 0 radical (unpaired) electrons. The lowest BCUT2D eigenvalue weighted by atomic mass is 9.84. The summed E-state index contributed by atoms with van der Waals surface area (Å²) in [4.78, 5) is 29.1. The zero-order chi connectivity index (χ0) is 25.8. The van der Waals surface area contributed by atoms with Gasteiger partial charge in [-0.15, -0.1) is 0 Å². The maximum atomic E-state index is 13.4. The Morgan fingerprint density at radius 1 is 1.05 bits per heavy atom. The standard InChI is InChI=1S/C28H28FN3O5/c29-19-3-1-2-18(10-19)15-31-26(34)14-21-13-23-22-12-20(32-27(35)11-17-6-8-30-9-7-17)4-5-24(22)37-28(23)25(16-33)36-21/h1-10,12,21,23,25,28,33H,11,13-16H2,(H,31,34)(H,32,35)/t21-,23+,25+,28-/m1/s1. The lowest BCUT2D eigenvalue weighted by molar-refractivity contribution is -0.142. The van der Waals surface area contributed by atoms with Crippen LogP contribution in [0.2, 0.25) is 0 Å². The van der Waals surface area contributed by atoms with Gasteiger partial charge in [0.15, 0.2) is 0 Å². The van der Waals surface area contributed by atoms with Crippen LogP contribution in [0.3, 0.4) is 0 Å². The highest BCUT2D eigenvalue weighted by molar-refractivity contribution is 5.92. The number of fused-ring (bicyclic) bond motifs is 3. The number of hydrogen-bond acceptors (Lipinski definition) is 6. The number of rotatable bonds is 8. The van der Waals surface area contributed by atoms with Crippen LogP contribution in [0, 0.1) is 5.82 Å². The third-order valence-corrected chi connectivity index (χ3v) is 6.69. The zero-order valence-corrected chi connectivity index (χ0v) is 20.1. The zero-order valence-electron chi connectivity index (χ0n) is 20.1. The number of amides is 2. The summed E-state index contributed by atoms with van der Waals surface area (Å²) in [6.07, 6.45) is 2.77. The minimum Gasteiger partial charge on any atom is -0.487 e. The first kappa shape index (κ1) is 24.9. The Kier molecular flexibility index (Phi) is 7.43. The molecule has 4 atom stereocenters. The van der Waals surface area contributed by atoms with Gasteiger partial charge in [0.2, 0.25) is 11.8 Å². The van der Waals surface area contributed by atoms with Gasteiger partial charge < -0.3 is 25.2 Å². The Morgan fingerprint density at radius 2 is 1.89 bits per heavy atom. The lowest BCUT2D eigenvalue weighted by Gasteiger charge is -2.37. The molecule has 5 rings (SSSR count). The van der Waals surface area contributed by atoms with Crippen molar-refractivity contribution in [3.8, 4) is 5.75 Å². The van der Waals surface area contributed by atoms with Crippen molar-refractivity contribution in [2.75, 3.05) is 11.9 Å². The second-order valence-corrected chi connectivity index (χ2v) is 9.35. The summed E-state index contributed by atoms with van der Waals surface area (Å²) >= 11 is 0. The van der Waals surface area contributed by atoms with Crippen LogP contribution in [-0.2, 0) is 27.3 Å². The molecule has 2 amide bonds. The van der Waals surface area contributed by atoms with Crippen molar-refractivity contribution in [2.45, 2.75) is 50.0 Å². The highest BCUT2D eigenvalue weighted by Gasteiger charge is 2.46. The first-order valence-corrected chi connectivity index (χ1v) is 12.3. The number of carbonyl (C=O) groups is 2. The van der Waals surface area contributed by atoms with Gasteiger partial charge in [-0.3, -0.25) is 14.6 Å². The highest BCUT2D eigenvalue weighted by atomic mass is 19.1. The Hall–Kier alpha value is -3.82. The van der Waals surface area contributed by atoms with Crippen LogP contribution in [0.4, 0.5) is 10.1 Å². The van der Waals surface area contributed by atoms with Crippen molar-refractivity contribution in [3.05, 3.63) is 89.5 Å². The van der Waals surface area contributed by atoms with Gasteiger partial charge >= 0.3 is 0 Å². The molecular weight excluding hydrogens is 477 g/mol. The van der Waals surface area contributed by atoms with E-state index in [1.807, 2.05) is 12.1 Å². The second kappa shape index (κ2) is 11.1. The van der Waals surface area contributed by atoms with Gasteiger partial charge in [-0.2, -0.15) is 0 Å². The largest absolute Gasteiger partial charge is 0.487 e. The van der Waals surface area contributed by atoms with Crippen LogP contribution in [0.1, 0.15) is 35.4 Å². The van der Waals surface area contributed by atoms with Crippen LogP contribution in [0.25, 0.3) is 0 Å². The molecule has 9 heteroatoms. The monoisotopic (exact) mass is 505 g/mol. The van der Waals surface area contributed by atoms with Crippen LogP contribution in [0.5, 0.6) is 5.75 Å². The van der Waals surface area contributed by atoms with E-state index < -0.39 is 12.2 Å². The molecule has 0 aliphatic carbocycles. The summed E-state index contributed by atoms with van der Waals surface area (Å²) in [7, 11) is 0. The number of ether oxygens (including phenoxy) is 2. The van der Waals surface area contributed by atoms with Crippen molar-refractivity contribution in [1.29, 1.82) is 0 Å². The molecule has 0 spiro atoms. The molecule has 1 fully saturated rings. The van der Waals surface area contributed by atoms with Crippen molar-refractivity contribution in [2.24, 2.45) is 0 Å². The molecular formula is C28H28FN3O5. The minimum absolute atomic E-state index is 0.0982. The second-order valence-electron chi connectivity index (χ2n) is 9.35. The molecule has 8 nitrogen and oxygen atoms in total.